The first-order chi connectivity index (χ1) is 9.67. The molecule has 21 heavy (non-hydrogen) atoms. The van der Waals surface area contributed by atoms with Crippen LogP contribution in [0.3, 0.4) is 0 Å². The molecule has 0 saturated carbocycles. The van der Waals surface area contributed by atoms with Crippen molar-refractivity contribution in [2.24, 2.45) is 4.99 Å². The highest BCUT2D eigenvalue weighted by atomic mass is 127. The zero-order chi connectivity index (χ0) is 14.8. The summed E-state index contributed by atoms with van der Waals surface area (Å²) in [5.74, 6) is 0.878. The first kappa shape index (κ1) is 20.0. The lowest BCUT2D eigenvalue weighted by Crippen LogP contribution is -2.42. The fourth-order valence-electron chi connectivity index (χ4n) is 2.05. The molecule has 0 heterocycles. The standard InChI is InChI=1S/C16H28N4.HI/c1-5-20(15-10-7-6-8-11-15)13-9-12-18-16(17-4)19-14(2)3;/h6-8,10-11,14H,5,9,12-13H2,1-4H3,(H2,17,18,19);1H. The van der Waals surface area contributed by atoms with E-state index in [1.165, 1.54) is 5.69 Å². The maximum absolute atomic E-state index is 4.20. The Morgan fingerprint density at radius 1 is 1.24 bits per heavy atom. The van der Waals surface area contributed by atoms with E-state index < -0.39 is 0 Å². The average Bonchev–Trinajstić information content (AvgIpc) is 2.46. The predicted molar refractivity (Wildman–Crippen MR) is 104 cm³/mol. The highest BCUT2D eigenvalue weighted by molar-refractivity contribution is 14.0. The molecule has 2 N–H and O–H groups in total. The van der Waals surface area contributed by atoms with Crippen LogP contribution in [0.1, 0.15) is 27.2 Å². The Bertz CT molecular complexity index is 393. The summed E-state index contributed by atoms with van der Waals surface area (Å²) in [5.41, 5.74) is 1.29. The summed E-state index contributed by atoms with van der Waals surface area (Å²) in [6.45, 7) is 9.42. The fourth-order valence-corrected chi connectivity index (χ4v) is 2.05. The van der Waals surface area contributed by atoms with Gasteiger partial charge in [0.25, 0.3) is 0 Å². The van der Waals surface area contributed by atoms with Gasteiger partial charge in [-0.2, -0.15) is 0 Å². The number of para-hydroxylation sites is 1. The number of hydrogen-bond acceptors (Lipinski definition) is 2. The molecule has 4 nitrogen and oxygen atoms in total. The van der Waals surface area contributed by atoms with Crippen LogP contribution >= 0.6 is 24.0 Å². The number of nitrogens with one attached hydrogen (secondary N) is 2. The van der Waals surface area contributed by atoms with Crippen molar-refractivity contribution < 1.29 is 0 Å². The summed E-state index contributed by atoms with van der Waals surface area (Å²) in [6, 6.07) is 11.0. The van der Waals surface area contributed by atoms with Crippen LogP contribution in [-0.4, -0.2) is 38.7 Å². The van der Waals surface area contributed by atoms with Gasteiger partial charge in [-0.15, -0.1) is 24.0 Å². The Morgan fingerprint density at radius 2 is 1.90 bits per heavy atom. The van der Waals surface area contributed by atoms with Crippen molar-refractivity contribution in [3.8, 4) is 0 Å². The summed E-state index contributed by atoms with van der Waals surface area (Å²) < 4.78 is 0. The van der Waals surface area contributed by atoms with Gasteiger partial charge in [-0.3, -0.25) is 4.99 Å². The van der Waals surface area contributed by atoms with Crippen LogP contribution in [0.4, 0.5) is 5.69 Å². The van der Waals surface area contributed by atoms with Gasteiger partial charge in [-0.05, 0) is 39.3 Å². The van der Waals surface area contributed by atoms with Crippen LogP contribution in [0.25, 0.3) is 0 Å². The van der Waals surface area contributed by atoms with E-state index in [9.17, 15) is 0 Å². The molecule has 5 heteroatoms. The third-order valence-electron chi connectivity index (χ3n) is 3.05. The zero-order valence-electron chi connectivity index (χ0n) is 13.6. The molecule has 1 aromatic rings. The Morgan fingerprint density at radius 3 is 2.43 bits per heavy atom. The number of halogens is 1. The highest BCUT2D eigenvalue weighted by Crippen LogP contribution is 2.12. The van der Waals surface area contributed by atoms with E-state index in [4.69, 9.17) is 0 Å². The van der Waals surface area contributed by atoms with E-state index in [0.717, 1.165) is 32.0 Å². The van der Waals surface area contributed by atoms with E-state index in [1.807, 2.05) is 0 Å². The number of hydrogen-bond donors (Lipinski definition) is 2. The maximum atomic E-state index is 4.20. The second-order valence-electron chi connectivity index (χ2n) is 5.07. The van der Waals surface area contributed by atoms with Gasteiger partial charge in [0.15, 0.2) is 5.96 Å². The Hall–Kier alpha value is -0.980. The van der Waals surface area contributed by atoms with Crippen LogP contribution in [-0.2, 0) is 0 Å². The smallest absolute Gasteiger partial charge is 0.191 e. The SMILES string of the molecule is CCN(CCCNC(=NC)NC(C)C)c1ccccc1.I. The predicted octanol–water partition coefficient (Wildman–Crippen LogP) is 3.09. The molecule has 0 fully saturated rings. The van der Waals surface area contributed by atoms with Gasteiger partial charge in [-0.1, -0.05) is 18.2 Å². The second-order valence-corrected chi connectivity index (χ2v) is 5.07. The number of aliphatic imine (C=N–C) groups is 1. The second kappa shape index (κ2) is 11.7. The number of anilines is 1. The van der Waals surface area contributed by atoms with Gasteiger partial charge in [0.2, 0.25) is 0 Å². The number of rotatable bonds is 7. The Balaban J connectivity index is 0.00000400. The third kappa shape index (κ3) is 8.14. The van der Waals surface area contributed by atoms with Crippen LogP contribution in [0.5, 0.6) is 0 Å². The normalized spacial score (nSPS) is 11.0. The Labute approximate surface area is 146 Å². The van der Waals surface area contributed by atoms with Crippen molar-refractivity contribution in [3.63, 3.8) is 0 Å². The lowest BCUT2D eigenvalue weighted by Gasteiger charge is -2.23. The van der Waals surface area contributed by atoms with E-state index >= 15 is 0 Å². The summed E-state index contributed by atoms with van der Waals surface area (Å²) in [6.07, 6.45) is 1.08. The molecule has 0 spiro atoms. The van der Waals surface area contributed by atoms with Crippen molar-refractivity contribution in [3.05, 3.63) is 30.3 Å². The van der Waals surface area contributed by atoms with Crippen molar-refractivity contribution in [2.75, 3.05) is 31.6 Å². The minimum absolute atomic E-state index is 0. The summed E-state index contributed by atoms with van der Waals surface area (Å²) >= 11 is 0. The molecule has 0 atom stereocenters. The summed E-state index contributed by atoms with van der Waals surface area (Å²) in [7, 11) is 1.81. The van der Waals surface area contributed by atoms with Crippen molar-refractivity contribution in [2.45, 2.75) is 33.2 Å². The van der Waals surface area contributed by atoms with Gasteiger partial charge in [-0.25, -0.2) is 0 Å². The van der Waals surface area contributed by atoms with E-state index in [2.05, 4.69) is 71.6 Å². The first-order valence-corrected chi connectivity index (χ1v) is 7.44. The highest BCUT2D eigenvalue weighted by Gasteiger charge is 2.03. The molecule has 0 aliphatic carbocycles. The molecule has 0 aliphatic heterocycles. The molecule has 0 saturated heterocycles. The fraction of sp³-hybridized carbons (Fsp3) is 0.562. The molecular formula is C16H29IN4. The van der Waals surface area contributed by atoms with Gasteiger partial charge < -0.3 is 15.5 Å². The maximum Gasteiger partial charge on any atom is 0.191 e. The topological polar surface area (TPSA) is 39.7 Å². The molecule has 1 aromatic carbocycles. The van der Waals surface area contributed by atoms with Crippen LogP contribution in [0, 0.1) is 0 Å². The average molecular weight is 404 g/mol. The van der Waals surface area contributed by atoms with Crippen LogP contribution < -0.4 is 15.5 Å². The van der Waals surface area contributed by atoms with Gasteiger partial charge >= 0.3 is 0 Å². The summed E-state index contributed by atoms with van der Waals surface area (Å²) in [4.78, 5) is 6.59. The third-order valence-corrected chi connectivity index (χ3v) is 3.05. The zero-order valence-corrected chi connectivity index (χ0v) is 15.9. The van der Waals surface area contributed by atoms with Crippen molar-refractivity contribution >= 4 is 35.6 Å². The van der Waals surface area contributed by atoms with Gasteiger partial charge in [0.05, 0.1) is 0 Å². The number of guanidine groups is 1. The number of benzene rings is 1. The van der Waals surface area contributed by atoms with Gasteiger partial charge in [0.1, 0.15) is 0 Å². The van der Waals surface area contributed by atoms with Crippen LogP contribution in [0.15, 0.2) is 35.3 Å². The van der Waals surface area contributed by atoms with Gasteiger partial charge in [0, 0.05) is 38.4 Å². The largest absolute Gasteiger partial charge is 0.372 e. The molecule has 0 radical (unpaired) electrons. The molecular weight excluding hydrogens is 375 g/mol. The molecule has 1 rings (SSSR count). The van der Waals surface area contributed by atoms with E-state index in [1.54, 1.807) is 7.05 Å². The minimum atomic E-state index is 0. The molecule has 0 aromatic heterocycles. The summed E-state index contributed by atoms with van der Waals surface area (Å²) in [5, 5.41) is 6.63. The molecule has 0 bridgehead atoms. The first-order valence-electron chi connectivity index (χ1n) is 7.44. The molecule has 0 amide bonds. The Kier molecular flexibility index (Phi) is 11.1. The monoisotopic (exact) mass is 404 g/mol. The van der Waals surface area contributed by atoms with E-state index in [0.29, 0.717) is 6.04 Å². The molecule has 0 unspecified atom stereocenters. The lowest BCUT2D eigenvalue weighted by molar-refractivity contribution is 0.676. The minimum Gasteiger partial charge on any atom is -0.372 e. The lowest BCUT2D eigenvalue weighted by atomic mass is 10.2. The van der Waals surface area contributed by atoms with Crippen molar-refractivity contribution in [1.82, 2.24) is 10.6 Å². The van der Waals surface area contributed by atoms with E-state index in [-0.39, 0.29) is 24.0 Å². The molecule has 120 valence electrons. The molecule has 0 aliphatic rings. The quantitative estimate of drug-likeness (QED) is 0.318. The number of nitrogens with zero attached hydrogens (tertiary/aromatic N) is 2. The van der Waals surface area contributed by atoms with Crippen molar-refractivity contribution in [1.29, 1.82) is 0 Å². The van der Waals surface area contributed by atoms with Crippen LogP contribution in [0.2, 0.25) is 0 Å².